The van der Waals surface area contributed by atoms with Crippen molar-refractivity contribution in [2.45, 2.75) is 57.5 Å². The Morgan fingerprint density at radius 1 is 1.26 bits per heavy atom. The van der Waals surface area contributed by atoms with Crippen LogP contribution < -0.4 is 20.9 Å². The van der Waals surface area contributed by atoms with Gasteiger partial charge in [0, 0.05) is 24.8 Å². The molecule has 1 saturated heterocycles. The van der Waals surface area contributed by atoms with E-state index in [1.807, 2.05) is 25.1 Å². The fourth-order valence-electron chi connectivity index (χ4n) is 4.67. The highest BCUT2D eigenvalue weighted by Gasteiger charge is 2.38. The molecule has 2 aliphatic heterocycles. The summed E-state index contributed by atoms with van der Waals surface area (Å²) in [5.74, 6) is 0.689. The minimum Gasteiger partial charge on any atom is -0.338 e. The molecule has 0 spiro atoms. The first-order valence-electron chi connectivity index (χ1n) is 9.91. The van der Waals surface area contributed by atoms with E-state index in [0.717, 1.165) is 29.8 Å². The Morgan fingerprint density at radius 3 is 2.85 bits per heavy atom. The average molecular weight is 393 g/mol. The van der Waals surface area contributed by atoms with E-state index in [0.29, 0.717) is 25.0 Å². The minimum atomic E-state index is -0.101. The lowest BCUT2D eigenvalue weighted by atomic mass is 9.85. The van der Waals surface area contributed by atoms with Gasteiger partial charge in [0.15, 0.2) is 0 Å². The van der Waals surface area contributed by atoms with Crippen molar-refractivity contribution in [3.05, 3.63) is 23.8 Å². The second-order valence-corrected chi connectivity index (χ2v) is 7.68. The molecule has 1 aromatic carbocycles. The smallest absolute Gasteiger partial charge is 0.321 e. The van der Waals surface area contributed by atoms with Crippen molar-refractivity contribution in [2.24, 2.45) is 5.92 Å². The zero-order chi connectivity index (χ0) is 18.1. The minimum absolute atomic E-state index is 0. The molecule has 148 valence electrons. The molecule has 2 heterocycles. The molecule has 7 heteroatoms. The maximum absolute atomic E-state index is 12.7. The number of carbonyl (C=O) groups is 2. The summed E-state index contributed by atoms with van der Waals surface area (Å²) in [6.45, 7) is 3.21. The molecule has 3 atom stereocenters. The van der Waals surface area contributed by atoms with Crippen molar-refractivity contribution in [2.75, 3.05) is 23.3 Å². The normalized spacial score (nSPS) is 26.0. The predicted molar refractivity (Wildman–Crippen MR) is 110 cm³/mol. The van der Waals surface area contributed by atoms with Crippen LogP contribution in [0.1, 0.15) is 44.6 Å². The van der Waals surface area contributed by atoms with Crippen LogP contribution >= 0.6 is 12.4 Å². The van der Waals surface area contributed by atoms with Crippen LogP contribution in [-0.4, -0.2) is 37.1 Å². The quantitative estimate of drug-likeness (QED) is 0.740. The summed E-state index contributed by atoms with van der Waals surface area (Å²) in [5.41, 5.74) is 2.82. The summed E-state index contributed by atoms with van der Waals surface area (Å²) in [5, 5.41) is 9.43. The Kier molecular flexibility index (Phi) is 6.27. The zero-order valence-corrected chi connectivity index (χ0v) is 16.6. The number of carbonyl (C=O) groups excluding carboxylic acids is 2. The van der Waals surface area contributed by atoms with Gasteiger partial charge in [-0.05, 0) is 56.2 Å². The van der Waals surface area contributed by atoms with E-state index in [1.165, 1.54) is 25.7 Å². The number of rotatable bonds is 3. The number of fused-ring (bicyclic) bond motifs is 2. The molecule has 0 bridgehead atoms. The van der Waals surface area contributed by atoms with Gasteiger partial charge in [-0.25, -0.2) is 4.79 Å². The molecule has 2 fully saturated rings. The maximum atomic E-state index is 12.7. The van der Waals surface area contributed by atoms with Crippen molar-refractivity contribution in [1.29, 1.82) is 0 Å². The third-order valence-electron chi connectivity index (χ3n) is 6.00. The van der Waals surface area contributed by atoms with Gasteiger partial charge in [0.25, 0.3) is 0 Å². The molecule has 6 nitrogen and oxygen atoms in total. The van der Waals surface area contributed by atoms with E-state index in [9.17, 15) is 9.59 Å². The topological polar surface area (TPSA) is 73.5 Å². The highest BCUT2D eigenvalue weighted by Crippen LogP contribution is 2.34. The molecular weight excluding hydrogens is 364 g/mol. The lowest BCUT2D eigenvalue weighted by molar-refractivity contribution is -0.117. The number of halogens is 1. The van der Waals surface area contributed by atoms with Crippen LogP contribution in [0, 0.1) is 5.92 Å². The molecule has 0 aromatic heterocycles. The van der Waals surface area contributed by atoms with Gasteiger partial charge in [-0.2, -0.15) is 0 Å². The predicted octanol–water partition coefficient (Wildman–Crippen LogP) is 3.06. The molecule has 1 saturated carbocycles. The molecule has 1 aliphatic carbocycles. The number of hydrogen-bond donors (Lipinski definition) is 3. The first kappa shape index (κ1) is 20.0. The highest BCUT2D eigenvalue weighted by atomic mass is 35.5. The summed E-state index contributed by atoms with van der Waals surface area (Å²) < 4.78 is 0. The summed E-state index contributed by atoms with van der Waals surface area (Å²) in [7, 11) is 0. The molecule has 4 rings (SSSR count). The van der Waals surface area contributed by atoms with Crippen molar-refractivity contribution in [3.8, 4) is 0 Å². The van der Waals surface area contributed by atoms with Gasteiger partial charge in [-0.3, -0.25) is 9.69 Å². The van der Waals surface area contributed by atoms with Crippen molar-refractivity contribution >= 4 is 35.7 Å². The van der Waals surface area contributed by atoms with Crippen LogP contribution in [0.15, 0.2) is 18.2 Å². The second kappa shape index (κ2) is 8.48. The Bertz CT molecular complexity index is 697. The summed E-state index contributed by atoms with van der Waals surface area (Å²) in [4.78, 5) is 26.7. The van der Waals surface area contributed by atoms with Gasteiger partial charge in [-0.1, -0.05) is 18.9 Å². The van der Waals surface area contributed by atoms with E-state index < -0.39 is 0 Å². The number of amides is 3. The number of nitrogens with one attached hydrogen (secondary N) is 3. The molecule has 1 aromatic rings. The Balaban J connectivity index is 0.00000210. The lowest BCUT2D eigenvalue weighted by Gasteiger charge is -2.24. The molecule has 3 amide bonds. The van der Waals surface area contributed by atoms with Gasteiger partial charge in [0.1, 0.15) is 0 Å². The number of benzene rings is 1. The fraction of sp³-hybridized carbons (Fsp3) is 0.600. The molecule has 3 unspecified atom stereocenters. The summed E-state index contributed by atoms with van der Waals surface area (Å²) in [6, 6.07) is 6.23. The Morgan fingerprint density at radius 2 is 2.07 bits per heavy atom. The standard InChI is InChI=1S/C20H28N4O2.ClH/c1-2-21-20(26)24-10-9-13-7-8-15(12-18(13)24)22-19(25)17-11-14-5-3-4-6-16(14)23-17;/h7-8,12,14,16-17,23H,2-6,9-11H2,1H3,(H,21,26)(H,22,25);1H. The number of hydrogen-bond acceptors (Lipinski definition) is 3. The van der Waals surface area contributed by atoms with Crippen molar-refractivity contribution < 1.29 is 9.59 Å². The average Bonchev–Trinajstić information content (AvgIpc) is 3.25. The van der Waals surface area contributed by atoms with Crippen LogP contribution in [0.3, 0.4) is 0 Å². The van der Waals surface area contributed by atoms with Crippen LogP contribution in [-0.2, 0) is 11.2 Å². The number of nitrogens with zero attached hydrogens (tertiary/aromatic N) is 1. The molecule has 0 radical (unpaired) electrons. The third kappa shape index (κ3) is 4.06. The van der Waals surface area contributed by atoms with E-state index in [1.54, 1.807) is 4.90 Å². The fourth-order valence-corrected chi connectivity index (χ4v) is 4.67. The largest absolute Gasteiger partial charge is 0.338 e. The Hall–Kier alpha value is -1.79. The Labute approximate surface area is 166 Å². The highest BCUT2D eigenvalue weighted by molar-refractivity contribution is 5.98. The monoisotopic (exact) mass is 392 g/mol. The summed E-state index contributed by atoms with van der Waals surface area (Å²) >= 11 is 0. The van der Waals surface area contributed by atoms with E-state index in [4.69, 9.17) is 0 Å². The van der Waals surface area contributed by atoms with Gasteiger partial charge in [0.2, 0.25) is 5.91 Å². The van der Waals surface area contributed by atoms with E-state index >= 15 is 0 Å². The van der Waals surface area contributed by atoms with Gasteiger partial charge < -0.3 is 16.0 Å². The molecule has 3 aliphatic rings. The first-order valence-corrected chi connectivity index (χ1v) is 9.91. The van der Waals surface area contributed by atoms with Gasteiger partial charge in [0.05, 0.1) is 11.7 Å². The number of anilines is 2. The van der Waals surface area contributed by atoms with Crippen LogP contribution in [0.4, 0.5) is 16.2 Å². The maximum Gasteiger partial charge on any atom is 0.321 e. The third-order valence-corrected chi connectivity index (χ3v) is 6.00. The zero-order valence-electron chi connectivity index (χ0n) is 15.8. The van der Waals surface area contributed by atoms with Gasteiger partial charge >= 0.3 is 6.03 Å². The van der Waals surface area contributed by atoms with Gasteiger partial charge in [-0.15, -0.1) is 12.4 Å². The van der Waals surface area contributed by atoms with Crippen LogP contribution in [0.25, 0.3) is 0 Å². The first-order chi connectivity index (χ1) is 12.7. The molecule has 27 heavy (non-hydrogen) atoms. The lowest BCUT2D eigenvalue weighted by Crippen LogP contribution is -2.40. The van der Waals surface area contributed by atoms with E-state index in [2.05, 4.69) is 16.0 Å². The summed E-state index contributed by atoms with van der Waals surface area (Å²) in [6.07, 6.45) is 6.78. The van der Waals surface area contributed by atoms with Crippen molar-refractivity contribution in [1.82, 2.24) is 10.6 Å². The SMILES string of the molecule is CCNC(=O)N1CCc2ccc(NC(=O)C3CC4CCCCC4N3)cc21.Cl. The van der Waals surface area contributed by atoms with E-state index in [-0.39, 0.29) is 30.4 Å². The number of urea groups is 1. The molecule has 3 N–H and O–H groups in total. The van der Waals surface area contributed by atoms with Crippen LogP contribution in [0.2, 0.25) is 0 Å². The van der Waals surface area contributed by atoms with Crippen molar-refractivity contribution in [3.63, 3.8) is 0 Å². The van der Waals surface area contributed by atoms with Crippen LogP contribution in [0.5, 0.6) is 0 Å². The molecular formula is C20H29ClN4O2. The second-order valence-electron chi connectivity index (χ2n) is 7.68.